The Balaban J connectivity index is 1.99. The predicted octanol–water partition coefficient (Wildman–Crippen LogP) is 3.04. The number of amides is 2. The zero-order valence-electron chi connectivity index (χ0n) is 13.5. The van der Waals surface area contributed by atoms with Crippen LogP contribution in [0.5, 0.6) is 5.75 Å². The summed E-state index contributed by atoms with van der Waals surface area (Å²) in [6, 6.07) is 12.2. The molecule has 0 bridgehead atoms. The highest BCUT2D eigenvalue weighted by Crippen LogP contribution is 2.23. The van der Waals surface area contributed by atoms with Crippen LogP contribution in [0.25, 0.3) is 0 Å². The van der Waals surface area contributed by atoms with Crippen LogP contribution in [0.1, 0.15) is 25.5 Å². The van der Waals surface area contributed by atoms with Crippen LogP contribution < -0.4 is 15.4 Å². The van der Waals surface area contributed by atoms with Gasteiger partial charge in [0.1, 0.15) is 11.6 Å². The number of hydrogen-bond acceptors (Lipinski definition) is 3. The first-order valence-corrected chi connectivity index (χ1v) is 7.60. The van der Waals surface area contributed by atoms with Gasteiger partial charge in [0.2, 0.25) is 0 Å². The van der Waals surface area contributed by atoms with Crippen molar-refractivity contribution in [2.45, 2.75) is 19.9 Å². The smallest absolute Gasteiger partial charge is 0.313 e. The monoisotopic (exact) mass is 330 g/mol. The summed E-state index contributed by atoms with van der Waals surface area (Å²) in [5, 5.41) is 5.10. The third-order valence-electron chi connectivity index (χ3n) is 3.36. The van der Waals surface area contributed by atoms with E-state index >= 15 is 0 Å². The van der Waals surface area contributed by atoms with Crippen molar-refractivity contribution >= 4 is 17.5 Å². The molecule has 0 aromatic heterocycles. The summed E-state index contributed by atoms with van der Waals surface area (Å²) in [7, 11) is 0. The molecular formula is C18H19FN2O3. The van der Waals surface area contributed by atoms with E-state index in [4.69, 9.17) is 4.74 Å². The van der Waals surface area contributed by atoms with Gasteiger partial charge < -0.3 is 15.4 Å². The Morgan fingerprint density at radius 3 is 2.42 bits per heavy atom. The van der Waals surface area contributed by atoms with Gasteiger partial charge in [-0.3, -0.25) is 9.59 Å². The zero-order valence-corrected chi connectivity index (χ0v) is 13.5. The van der Waals surface area contributed by atoms with E-state index in [1.54, 1.807) is 43.3 Å². The predicted molar refractivity (Wildman–Crippen MR) is 89.2 cm³/mol. The van der Waals surface area contributed by atoms with Crippen molar-refractivity contribution in [3.63, 3.8) is 0 Å². The molecule has 126 valence electrons. The highest BCUT2D eigenvalue weighted by Gasteiger charge is 2.18. The first-order chi connectivity index (χ1) is 11.5. The molecule has 0 fully saturated rings. The molecule has 2 rings (SSSR count). The highest BCUT2D eigenvalue weighted by molar-refractivity contribution is 6.39. The molecule has 1 atom stereocenters. The normalized spacial score (nSPS) is 11.5. The van der Waals surface area contributed by atoms with Gasteiger partial charge in [-0.15, -0.1) is 0 Å². The van der Waals surface area contributed by atoms with Crippen LogP contribution in [0.4, 0.5) is 10.1 Å². The van der Waals surface area contributed by atoms with Gasteiger partial charge in [-0.05, 0) is 43.7 Å². The molecule has 5 nitrogen and oxygen atoms in total. The molecule has 2 aromatic rings. The van der Waals surface area contributed by atoms with Crippen LogP contribution in [0, 0.1) is 5.82 Å². The van der Waals surface area contributed by atoms with Crippen molar-refractivity contribution in [2.24, 2.45) is 0 Å². The van der Waals surface area contributed by atoms with Crippen LogP contribution in [0.2, 0.25) is 0 Å². The third-order valence-corrected chi connectivity index (χ3v) is 3.36. The lowest BCUT2D eigenvalue weighted by atomic mass is 10.1. The largest absolute Gasteiger partial charge is 0.492 e. The molecule has 2 amide bonds. The summed E-state index contributed by atoms with van der Waals surface area (Å²) in [5.41, 5.74) is 1.13. The van der Waals surface area contributed by atoms with E-state index in [0.717, 1.165) is 0 Å². The van der Waals surface area contributed by atoms with E-state index in [1.807, 2.05) is 6.92 Å². The summed E-state index contributed by atoms with van der Waals surface area (Å²) < 4.78 is 18.3. The summed E-state index contributed by atoms with van der Waals surface area (Å²) in [6.07, 6.45) is 0. The van der Waals surface area contributed by atoms with Gasteiger partial charge in [0, 0.05) is 0 Å². The van der Waals surface area contributed by atoms with E-state index in [0.29, 0.717) is 23.6 Å². The summed E-state index contributed by atoms with van der Waals surface area (Å²) in [6.45, 7) is 3.99. The second kappa shape index (κ2) is 8.10. The molecule has 6 heteroatoms. The van der Waals surface area contributed by atoms with E-state index in [2.05, 4.69) is 10.6 Å². The maximum atomic E-state index is 12.9. The number of rotatable bonds is 5. The lowest BCUT2D eigenvalue weighted by Crippen LogP contribution is -2.37. The molecule has 0 saturated carbocycles. The van der Waals surface area contributed by atoms with E-state index < -0.39 is 17.9 Å². The third kappa shape index (κ3) is 4.55. The maximum absolute atomic E-state index is 12.9. The molecule has 0 spiro atoms. The zero-order chi connectivity index (χ0) is 17.5. The first-order valence-electron chi connectivity index (χ1n) is 7.60. The van der Waals surface area contributed by atoms with Gasteiger partial charge in [0.15, 0.2) is 0 Å². The van der Waals surface area contributed by atoms with Crippen LogP contribution in [0.3, 0.4) is 0 Å². The Morgan fingerprint density at radius 2 is 1.75 bits per heavy atom. The summed E-state index contributed by atoms with van der Waals surface area (Å²) >= 11 is 0. The Bertz CT molecular complexity index is 716. The molecule has 0 radical (unpaired) electrons. The number of ether oxygens (including phenoxy) is 1. The number of carbonyl (C=O) groups excluding carboxylic acids is 2. The first kappa shape index (κ1) is 17.5. The quantitative estimate of drug-likeness (QED) is 0.828. The lowest BCUT2D eigenvalue weighted by Gasteiger charge is -2.15. The maximum Gasteiger partial charge on any atom is 0.313 e. The van der Waals surface area contributed by atoms with Crippen molar-refractivity contribution in [3.8, 4) is 5.75 Å². The Labute approximate surface area is 139 Å². The fourth-order valence-corrected chi connectivity index (χ4v) is 2.13. The minimum Gasteiger partial charge on any atom is -0.492 e. The van der Waals surface area contributed by atoms with Crippen LogP contribution >= 0.6 is 0 Å². The standard InChI is InChI=1S/C18H19FN2O3/c1-3-24-16-7-5-4-6-15(16)21-18(23)17(22)20-12(2)13-8-10-14(19)11-9-13/h4-12H,3H2,1-2H3,(H,20,22)(H,21,23)/t12-/m1/s1. The van der Waals surface area contributed by atoms with Gasteiger partial charge in [-0.1, -0.05) is 24.3 Å². The Morgan fingerprint density at radius 1 is 1.08 bits per heavy atom. The van der Waals surface area contributed by atoms with Crippen molar-refractivity contribution in [3.05, 3.63) is 59.9 Å². The number of nitrogens with one attached hydrogen (secondary N) is 2. The van der Waals surface area contributed by atoms with Crippen molar-refractivity contribution in [1.82, 2.24) is 5.32 Å². The van der Waals surface area contributed by atoms with Crippen molar-refractivity contribution in [2.75, 3.05) is 11.9 Å². The Kier molecular flexibility index (Phi) is 5.89. The molecule has 2 N–H and O–H groups in total. The number of hydrogen-bond donors (Lipinski definition) is 2. The fourth-order valence-electron chi connectivity index (χ4n) is 2.13. The van der Waals surface area contributed by atoms with E-state index in [1.165, 1.54) is 12.1 Å². The molecule has 0 aliphatic heterocycles. The second-order valence-electron chi connectivity index (χ2n) is 5.13. The highest BCUT2D eigenvalue weighted by atomic mass is 19.1. The molecule has 0 aliphatic carbocycles. The number of benzene rings is 2. The summed E-state index contributed by atoms with van der Waals surface area (Å²) in [4.78, 5) is 24.1. The molecule has 0 aliphatic rings. The van der Waals surface area contributed by atoms with Gasteiger partial charge >= 0.3 is 11.8 Å². The summed E-state index contributed by atoms with van der Waals surface area (Å²) in [5.74, 6) is -1.44. The molecule has 0 saturated heterocycles. The van der Waals surface area contributed by atoms with Gasteiger partial charge in [0.25, 0.3) is 0 Å². The van der Waals surface area contributed by atoms with Gasteiger partial charge in [-0.2, -0.15) is 0 Å². The van der Waals surface area contributed by atoms with Crippen LogP contribution in [-0.2, 0) is 9.59 Å². The number of carbonyl (C=O) groups is 2. The number of anilines is 1. The van der Waals surface area contributed by atoms with Gasteiger partial charge in [-0.25, -0.2) is 4.39 Å². The average molecular weight is 330 g/mol. The SMILES string of the molecule is CCOc1ccccc1NC(=O)C(=O)N[C@H](C)c1ccc(F)cc1. The molecule has 24 heavy (non-hydrogen) atoms. The lowest BCUT2D eigenvalue weighted by molar-refractivity contribution is -0.136. The Hall–Kier alpha value is -2.89. The molecule has 0 unspecified atom stereocenters. The van der Waals surface area contributed by atoms with Crippen LogP contribution in [-0.4, -0.2) is 18.4 Å². The topological polar surface area (TPSA) is 67.4 Å². The van der Waals surface area contributed by atoms with Crippen LogP contribution in [0.15, 0.2) is 48.5 Å². The number of halogens is 1. The minimum atomic E-state index is -0.795. The van der Waals surface area contributed by atoms with E-state index in [9.17, 15) is 14.0 Å². The molecule has 0 heterocycles. The molecular weight excluding hydrogens is 311 g/mol. The second-order valence-corrected chi connectivity index (χ2v) is 5.13. The average Bonchev–Trinajstić information content (AvgIpc) is 2.57. The fraction of sp³-hybridized carbons (Fsp3) is 0.222. The minimum absolute atomic E-state index is 0.359. The van der Waals surface area contributed by atoms with E-state index in [-0.39, 0.29) is 5.82 Å². The van der Waals surface area contributed by atoms with Crippen molar-refractivity contribution in [1.29, 1.82) is 0 Å². The van der Waals surface area contributed by atoms with Gasteiger partial charge in [0.05, 0.1) is 18.3 Å². The molecule has 2 aromatic carbocycles. The number of para-hydroxylation sites is 2. The van der Waals surface area contributed by atoms with Crippen molar-refractivity contribution < 1.29 is 18.7 Å².